The normalized spacial score (nSPS) is 16.4. The van der Waals surface area contributed by atoms with E-state index < -0.39 is 0 Å². The molecule has 2 unspecified atom stereocenters. The quantitative estimate of drug-likeness (QED) is 0.363. The second-order valence-corrected chi connectivity index (χ2v) is 9.24. The Morgan fingerprint density at radius 2 is 1.63 bits per heavy atom. The molecule has 3 aromatic carbocycles. The predicted molar refractivity (Wildman–Crippen MR) is 141 cm³/mol. The molecule has 0 fully saturated rings. The minimum absolute atomic E-state index is 0.0266. The number of carbonyl (C=O) groups is 2. The average molecular weight is 471 g/mol. The van der Waals surface area contributed by atoms with Gasteiger partial charge in [-0.2, -0.15) is 0 Å². The first-order valence-electron chi connectivity index (χ1n) is 12.5. The Labute approximate surface area is 208 Å². The highest BCUT2D eigenvalue weighted by Crippen LogP contribution is 2.35. The molecule has 5 nitrogen and oxygen atoms in total. The summed E-state index contributed by atoms with van der Waals surface area (Å²) < 4.78 is 5.96. The van der Waals surface area contributed by atoms with Gasteiger partial charge in [-0.3, -0.25) is 9.59 Å². The second-order valence-electron chi connectivity index (χ2n) is 9.24. The van der Waals surface area contributed by atoms with Crippen LogP contribution in [0.2, 0.25) is 0 Å². The second kappa shape index (κ2) is 11.2. The average Bonchev–Trinajstić information content (AvgIpc) is 3.01. The Bertz CT molecular complexity index is 1140. The van der Waals surface area contributed by atoms with Crippen LogP contribution in [0, 0.1) is 5.92 Å². The fraction of sp³-hybridized carbons (Fsp3) is 0.333. The molecule has 3 aromatic rings. The number of para-hydroxylation sites is 2. The number of fused-ring (bicyclic) bond motifs is 1. The van der Waals surface area contributed by atoms with E-state index in [-0.39, 0.29) is 17.7 Å². The SMILES string of the molecule is CCC(C)c1ccc(OCCCN2C(=O)C(C)CN(C(=O)c3ccccc3)c3ccccc32)cc1. The largest absolute Gasteiger partial charge is 0.494 e. The molecule has 0 aliphatic carbocycles. The third kappa shape index (κ3) is 5.56. The van der Waals surface area contributed by atoms with Gasteiger partial charge in [0.2, 0.25) is 5.91 Å². The van der Waals surface area contributed by atoms with Crippen molar-refractivity contribution >= 4 is 23.2 Å². The molecule has 0 spiro atoms. The summed E-state index contributed by atoms with van der Waals surface area (Å²) >= 11 is 0. The molecule has 4 rings (SSSR count). The summed E-state index contributed by atoms with van der Waals surface area (Å²) in [6.07, 6.45) is 1.80. The van der Waals surface area contributed by atoms with Gasteiger partial charge in [0.1, 0.15) is 5.75 Å². The van der Waals surface area contributed by atoms with Gasteiger partial charge in [-0.15, -0.1) is 0 Å². The third-order valence-electron chi connectivity index (χ3n) is 6.73. The maximum Gasteiger partial charge on any atom is 0.258 e. The topological polar surface area (TPSA) is 49.9 Å². The first-order chi connectivity index (χ1) is 17.0. The van der Waals surface area contributed by atoms with Crippen molar-refractivity contribution in [3.05, 3.63) is 90.0 Å². The van der Waals surface area contributed by atoms with E-state index in [1.165, 1.54) is 5.56 Å². The number of carbonyl (C=O) groups excluding carboxylic acids is 2. The van der Waals surface area contributed by atoms with E-state index in [9.17, 15) is 9.59 Å². The molecule has 0 saturated carbocycles. The number of amides is 2. The van der Waals surface area contributed by atoms with Crippen molar-refractivity contribution < 1.29 is 14.3 Å². The highest BCUT2D eigenvalue weighted by atomic mass is 16.5. The summed E-state index contributed by atoms with van der Waals surface area (Å²) in [5.74, 6) is 0.993. The molecule has 2 amide bonds. The van der Waals surface area contributed by atoms with Gasteiger partial charge in [0.05, 0.1) is 23.9 Å². The van der Waals surface area contributed by atoms with Crippen LogP contribution in [0.4, 0.5) is 11.4 Å². The summed E-state index contributed by atoms with van der Waals surface area (Å²) in [5.41, 5.74) is 3.46. The maximum absolute atomic E-state index is 13.4. The lowest BCUT2D eigenvalue weighted by Crippen LogP contribution is -2.39. The molecule has 1 aliphatic rings. The van der Waals surface area contributed by atoms with Crippen LogP contribution in [0.3, 0.4) is 0 Å². The van der Waals surface area contributed by atoms with Crippen LogP contribution in [-0.2, 0) is 4.79 Å². The molecule has 1 aliphatic heterocycles. The summed E-state index contributed by atoms with van der Waals surface area (Å²) in [5, 5.41) is 0. The van der Waals surface area contributed by atoms with E-state index in [2.05, 4.69) is 26.0 Å². The zero-order valence-electron chi connectivity index (χ0n) is 20.8. The van der Waals surface area contributed by atoms with E-state index in [4.69, 9.17) is 4.74 Å². The van der Waals surface area contributed by atoms with E-state index >= 15 is 0 Å². The van der Waals surface area contributed by atoms with Crippen LogP contribution in [0.5, 0.6) is 5.75 Å². The van der Waals surface area contributed by atoms with Crippen molar-refractivity contribution in [3.63, 3.8) is 0 Å². The van der Waals surface area contributed by atoms with Gasteiger partial charge in [-0.25, -0.2) is 0 Å². The Morgan fingerprint density at radius 1 is 0.971 bits per heavy atom. The first kappa shape index (κ1) is 24.5. The number of anilines is 2. The van der Waals surface area contributed by atoms with Crippen molar-refractivity contribution in [2.24, 2.45) is 5.92 Å². The fourth-order valence-electron chi connectivity index (χ4n) is 4.46. The molecule has 0 bridgehead atoms. The van der Waals surface area contributed by atoms with Crippen LogP contribution in [0.1, 0.15) is 55.5 Å². The molecule has 2 atom stereocenters. The summed E-state index contributed by atoms with van der Waals surface area (Å²) in [7, 11) is 0. The standard InChI is InChI=1S/C30H34N2O3/c1-4-22(2)24-15-17-26(18-16-24)35-20-10-19-31-27-13-8-9-14-28(27)32(21-23(3)29(31)33)30(34)25-11-6-5-7-12-25/h5-9,11-18,22-23H,4,10,19-21H2,1-3H3. The zero-order valence-corrected chi connectivity index (χ0v) is 20.8. The zero-order chi connectivity index (χ0) is 24.8. The molecule has 182 valence electrons. The first-order valence-corrected chi connectivity index (χ1v) is 12.5. The van der Waals surface area contributed by atoms with Gasteiger partial charge in [0.15, 0.2) is 0 Å². The number of nitrogens with zero attached hydrogens (tertiary/aromatic N) is 2. The summed E-state index contributed by atoms with van der Waals surface area (Å²) in [4.78, 5) is 30.3. The van der Waals surface area contributed by atoms with Gasteiger partial charge < -0.3 is 14.5 Å². The van der Waals surface area contributed by atoms with E-state index in [1.807, 2.05) is 78.6 Å². The van der Waals surface area contributed by atoms with Gasteiger partial charge in [0, 0.05) is 18.7 Å². The van der Waals surface area contributed by atoms with Gasteiger partial charge >= 0.3 is 0 Å². The number of hydrogen-bond donors (Lipinski definition) is 0. The summed E-state index contributed by atoms with van der Waals surface area (Å²) in [6, 6.07) is 25.2. The van der Waals surface area contributed by atoms with E-state index in [0.717, 1.165) is 23.5 Å². The molecule has 1 heterocycles. The smallest absolute Gasteiger partial charge is 0.258 e. The molecule has 0 saturated heterocycles. The predicted octanol–water partition coefficient (Wildman–Crippen LogP) is 6.30. The Morgan fingerprint density at radius 3 is 2.31 bits per heavy atom. The number of benzene rings is 3. The lowest BCUT2D eigenvalue weighted by atomic mass is 9.99. The van der Waals surface area contributed by atoms with Crippen molar-refractivity contribution in [2.45, 2.75) is 39.5 Å². The van der Waals surface area contributed by atoms with Crippen molar-refractivity contribution in [2.75, 3.05) is 29.5 Å². The molecule has 0 aromatic heterocycles. The molecule has 35 heavy (non-hydrogen) atoms. The van der Waals surface area contributed by atoms with Crippen molar-refractivity contribution in [3.8, 4) is 5.75 Å². The van der Waals surface area contributed by atoms with Crippen molar-refractivity contribution in [1.29, 1.82) is 0 Å². The lowest BCUT2D eigenvalue weighted by molar-refractivity contribution is -0.121. The third-order valence-corrected chi connectivity index (χ3v) is 6.73. The van der Waals surface area contributed by atoms with Gasteiger partial charge in [0.25, 0.3) is 5.91 Å². The number of ether oxygens (including phenoxy) is 1. The lowest BCUT2D eigenvalue weighted by Gasteiger charge is -2.25. The highest BCUT2D eigenvalue weighted by molar-refractivity contribution is 6.11. The van der Waals surface area contributed by atoms with Crippen LogP contribution >= 0.6 is 0 Å². The van der Waals surface area contributed by atoms with Crippen LogP contribution < -0.4 is 14.5 Å². The number of rotatable bonds is 8. The van der Waals surface area contributed by atoms with Gasteiger partial charge in [-0.1, -0.05) is 63.2 Å². The maximum atomic E-state index is 13.4. The van der Waals surface area contributed by atoms with Crippen LogP contribution in [-0.4, -0.2) is 31.5 Å². The van der Waals surface area contributed by atoms with Crippen LogP contribution in [0.15, 0.2) is 78.9 Å². The molecular weight excluding hydrogens is 436 g/mol. The summed E-state index contributed by atoms with van der Waals surface area (Å²) in [6.45, 7) is 7.69. The minimum Gasteiger partial charge on any atom is -0.494 e. The van der Waals surface area contributed by atoms with E-state index in [1.54, 1.807) is 4.90 Å². The minimum atomic E-state index is -0.316. The van der Waals surface area contributed by atoms with Crippen molar-refractivity contribution in [1.82, 2.24) is 0 Å². The van der Waals surface area contributed by atoms with E-state index in [0.29, 0.717) is 37.6 Å². The molecule has 0 radical (unpaired) electrons. The monoisotopic (exact) mass is 470 g/mol. The molecule has 0 N–H and O–H groups in total. The fourth-order valence-corrected chi connectivity index (χ4v) is 4.46. The Balaban J connectivity index is 1.47. The molecule has 5 heteroatoms. The Hall–Kier alpha value is -3.60. The highest BCUT2D eigenvalue weighted by Gasteiger charge is 2.33. The van der Waals surface area contributed by atoms with Crippen LogP contribution in [0.25, 0.3) is 0 Å². The number of hydrogen-bond acceptors (Lipinski definition) is 3. The molecular formula is C30H34N2O3. The van der Waals surface area contributed by atoms with Gasteiger partial charge in [-0.05, 0) is 60.7 Å². The Kier molecular flexibility index (Phi) is 7.86.